The Labute approximate surface area is 102 Å². The largest absolute Gasteiger partial charge is 0.383 e. The maximum atomic E-state index is 13.6. The summed E-state index contributed by atoms with van der Waals surface area (Å²) in [4.78, 5) is 1.82. The van der Waals surface area contributed by atoms with Crippen molar-refractivity contribution in [2.75, 3.05) is 0 Å². The van der Waals surface area contributed by atoms with Gasteiger partial charge < -0.3 is 5.11 Å². The molecule has 1 aromatic carbocycles. The smallest absolute Gasteiger partial charge is 0.130 e. The molecule has 0 aliphatic rings. The summed E-state index contributed by atoms with van der Waals surface area (Å²) in [5, 5.41) is 10.3. The number of hydrogen-bond donors (Lipinski definition) is 1. The molecular formula is C12H10ClFOS. The van der Waals surface area contributed by atoms with Gasteiger partial charge in [-0.2, -0.15) is 0 Å². The molecule has 0 amide bonds. The van der Waals surface area contributed by atoms with E-state index in [0.29, 0.717) is 5.02 Å². The SMILES string of the molecule is Cc1ccc(C(O)c2ccc(Cl)cc2F)s1. The van der Waals surface area contributed by atoms with E-state index in [9.17, 15) is 9.50 Å². The van der Waals surface area contributed by atoms with Crippen LogP contribution in [0.2, 0.25) is 5.02 Å². The van der Waals surface area contributed by atoms with Crippen LogP contribution in [0.5, 0.6) is 0 Å². The third kappa shape index (κ3) is 2.26. The van der Waals surface area contributed by atoms with Crippen molar-refractivity contribution < 1.29 is 9.50 Å². The molecular weight excluding hydrogens is 247 g/mol. The van der Waals surface area contributed by atoms with Crippen molar-refractivity contribution in [2.24, 2.45) is 0 Å². The van der Waals surface area contributed by atoms with Crippen LogP contribution in [0.15, 0.2) is 30.3 Å². The topological polar surface area (TPSA) is 20.2 Å². The molecule has 0 saturated heterocycles. The molecule has 2 rings (SSSR count). The van der Waals surface area contributed by atoms with Crippen LogP contribution in [0.4, 0.5) is 4.39 Å². The van der Waals surface area contributed by atoms with Gasteiger partial charge in [0.2, 0.25) is 0 Å². The van der Waals surface area contributed by atoms with Crippen molar-refractivity contribution in [3.63, 3.8) is 0 Å². The van der Waals surface area contributed by atoms with E-state index in [1.165, 1.54) is 23.5 Å². The Morgan fingerprint density at radius 2 is 2.06 bits per heavy atom. The van der Waals surface area contributed by atoms with E-state index < -0.39 is 11.9 Å². The summed E-state index contributed by atoms with van der Waals surface area (Å²) in [6, 6.07) is 8.00. The number of rotatable bonds is 2. The van der Waals surface area contributed by atoms with Crippen LogP contribution in [-0.2, 0) is 0 Å². The quantitative estimate of drug-likeness (QED) is 0.863. The van der Waals surface area contributed by atoms with E-state index in [1.807, 2.05) is 13.0 Å². The number of benzene rings is 1. The lowest BCUT2D eigenvalue weighted by Crippen LogP contribution is -2.00. The molecule has 0 aliphatic carbocycles. The summed E-state index contributed by atoms with van der Waals surface area (Å²) >= 11 is 7.11. The maximum Gasteiger partial charge on any atom is 0.130 e. The minimum atomic E-state index is -0.920. The van der Waals surface area contributed by atoms with Crippen molar-refractivity contribution in [3.05, 3.63) is 56.5 Å². The molecule has 1 heterocycles. The van der Waals surface area contributed by atoms with Crippen LogP contribution < -0.4 is 0 Å². The summed E-state index contributed by atoms with van der Waals surface area (Å²) in [5.74, 6) is -0.481. The zero-order chi connectivity index (χ0) is 11.7. The molecule has 1 unspecified atom stereocenters. The molecule has 0 saturated carbocycles. The lowest BCUT2D eigenvalue weighted by Gasteiger charge is -2.10. The highest BCUT2D eigenvalue weighted by atomic mass is 35.5. The van der Waals surface area contributed by atoms with Crippen LogP contribution in [0.3, 0.4) is 0 Å². The van der Waals surface area contributed by atoms with Gasteiger partial charge in [0, 0.05) is 20.3 Å². The lowest BCUT2D eigenvalue weighted by atomic mass is 10.1. The first kappa shape index (κ1) is 11.6. The molecule has 1 nitrogen and oxygen atoms in total. The van der Waals surface area contributed by atoms with Crippen LogP contribution in [0.25, 0.3) is 0 Å². The van der Waals surface area contributed by atoms with Gasteiger partial charge in [-0.25, -0.2) is 4.39 Å². The second kappa shape index (κ2) is 4.53. The molecule has 4 heteroatoms. The minimum Gasteiger partial charge on any atom is -0.383 e. The molecule has 2 aromatic rings. The summed E-state index contributed by atoms with van der Waals surface area (Å²) in [5.41, 5.74) is 0.256. The number of halogens is 2. The monoisotopic (exact) mass is 256 g/mol. The van der Waals surface area contributed by atoms with E-state index in [2.05, 4.69) is 0 Å². The van der Waals surface area contributed by atoms with Gasteiger partial charge >= 0.3 is 0 Å². The zero-order valence-electron chi connectivity index (χ0n) is 8.58. The first-order valence-electron chi connectivity index (χ1n) is 4.77. The second-order valence-electron chi connectivity index (χ2n) is 3.52. The third-order valence-corrected chi connectivity index (χ3v) is 3.58. The summed E-state index contributed by atoms with van der Waals surface area (Å²) in [6.07, 6.45) is -0.920. The van der Waals surface area contributed by atoms with Crippen molar-refractivity contribution in [1.29, 1.82) is 0 Å². The number of thiophene rings is 1. The van der Waals surface area contributed by atoms with Crippen molar-refractivity contribution >= 4 is 22.9 Å². The maximum absolute atomic E-state index is 13.6. The van der Waals surface area contributed by atoms with Gasteiger partial charge in [0.05, 0.1) is 0 Å². The average molecular weight is 257 g/mol. The molecule has 1 atom stereocenters. The predicted molar refractivity (Wildman–Crippen MR) is 64.5 cm³/mol. The Morgan fingerprint density at radius 1 is 1.31 bits per heavy atom. The predicted octanol–water partition coefficient (Wildman–Crippen LogP) is 3.93. The van der Waals surface area contributed by atoms with E-state index in [-0.39, 0.29) is 5.56 Å². The van der Waals surface area contributed by atoms with Gasteiger partial charge in [0.15, 0.2) is 0 Å². The Morgan fingerprint density at radius 3 is 2.62 bits per heavy atom. The lowest BCUT2D eigenvalue weighted by molar-refractivity contribution is 0.219. The van der Waals surface area contributed by atoms with Crippen molar-refractivity contribution in [3.8, 4) is 0 Å². The fourth-order valence-electron chi connectivity index (χ4n) is 1.48. The molecule has 1 N–H and O–H groups in total. The van der Waals surface area contributed by atoms with Gasteiger partial charge in [0.25, 0.3) is 0 Å². The third-order valence-electron chi connectivity index (χ3n) is 2.29. The highest BCUT2D eigenvalue weighted by molar-refractivity contribution is 7.12. The van der Waals surface area contributed by atoms with E-state index in [4.69, 9.17) is 11.6 Å². The van der Waals surface area contributed by atoms with E-state index >= 15 is 0 Å². The van der Waals surface area contributed by atoms with Crippen molar-refractivity contribution in [2.45, 2.75) is 13.0 Å². The Kier molecular flexibility index (Phi) is 3.28. The highest BCUT2D eigenvalue weighted by Gasteiger charge is 2.16. The highest BCUT2D eigenvalue weighted by Crippen LogP contribution is 2.30. The van der Waals surface area contributed by atoms with Crippen LogP contribution in [-0.4, -0.2) is 5.11 Å². The zero-order valence-corrected chi connectivity index (χ0v) is 10.1. The Balaban J connectivity index is 2.37. The van der Waals surface area contributed by atoms with E-state index in [0.717, 1.165) is 9.75 Å². The van der Waals surface area contributed by atoms with Crippen LogP contribution in [0, 0.1) is 12.7 Å². The molecule has 0 bridgehead atoms. The van der Waals surface area contributed by atoms with Crippen LogP contribution >= 0.6 is 22.9 Å². The molecule has 84 valence electrons. The fourth-order valence-corrected chi connectivity index (χ4v) is 2.52. The summed E-state index contributed by atoms with van der Waals surface area (Å²) in [7, 11) is 0. The molecule has 1 aromatic heterocycles. The molecule has 0 radical (unpaired) electrons. The molecule has 16 heavy (non-hydrogen) atoms. The van der Waals surface area contributed by atoms with E-state index in [1.54, 1.807) is 12.1 Å². The van der Waals surface area contributed by atoms with Crippen molar-refractivity contribution in [1.82, 2.24) is 0 Å². The van der Waals surface area contributed by atoms with Gasteiger partial charge in [-0.1, -0.05) is 17.7 Å². The molecule has 0 aliphatic heterocycles. The Bertz CT molecular complexity index is 509. The number of aliphatic hydroxyl groups is 1. The Hall–Kier alpha value is -0.900. The molecule has 0 spiro atoms. The minimum absolute atomic E-state index is 0.256. The number of aliphatic hydroxyl groups excluding tert-OH is 1. The number of hydrogen-bond acceptors (Lipinski definition) is 2. The first-order chi connectivity index (χ1) is 7.58. The standard InChI is InChI=1S/C12H10ClFOS/c1-7-2-5-11(16-7)12(15)9-4-3-8(13)6-10(9)14/h2-6,12,15H,1H3. The first-order valence-corrected chi connectivity index (χ1v) is 5.96. The van der Waals surface area contributed by atoms with Gasteiger partial charge in [0.1, 0.15) is 11.9 Å². The fraction of sp³-hybridized carbons (Fsp3) is 0.167. The second-order valence-corrected chi connectivity index (χ2v) is 5.27. The van der Waals surface area contributed by atoms with Gasteiger partial charge in [-0.15, -0.1) is 11.3 Å². The van der Waals surface area contributed by atoms with Gasteiger partial charge in [-0.05, 0) is 31.2 Å². The summed E-state index contributed by atoms with van der Waals surface area (Å²) in [6.45, 7) is 1.94. The normalized spacial score (nSPS) is 12.8. The molecule has 0 fully saturated rings. The van der Waals surface area contributed by atoms with Crippen LogP contribution in [0.1, 0.15) is 21.4 Å². The average Bonchev–Trinajstić information content (AvgIpc) is 2.64. The number of aryl methyl sites for hydroxylation is 1. The van der Waals surface area contributed by atoms with Gasteiger partial charge in [-0.3, -0.25) is 0 Å². The summed E-state index contributed by atoms with van der Waals surface area (Å²) < 4.78 is 13.6.